The first-order valence-corrected chi connectivity index (χ1v) is 3.82. The Morgan fingerprint density at radius 3 is 2.73 bits per heavy atom. The Balaban J connectivity index is 3.69. The Labute approximate surface area is 68.2 Å². The number of hydrogen-bond acceptors (Lipinski definition) is 2. The minimum atomic E-state index is 0.104. The number of hydrogen-bond donors (Lipinski definition) is 0. The van der Waals surface area contributed by atoms with Crippen LogP contribution >= 0.6 is 0 Å². The van der Waals surface area contributed by atoms with E-state index in [-0.39, 0.29) is 11.7 Å². The molecule has 0 bridgehead atoms. The number of rotatable bonds is 6. The first-order valence-electron chi connectivity index (χ1n) is 3.82. The molecular formula is C9H16O2. The van der Waals surface area contributed by atoms with Gasteiger partial charge in [-0.15, -0.1) is 6.58 Å². The van der Waals surface area contributed by atoms with Crippen LogP contribution < -0.4 is 0 Å². The van der Waals surface area contributed by atoms with Crippen LogP contribution in [-0.2, 0) is 9.53 Å². The van der Waals surface area contributed by atoms with E-state index in [0.29, 0.717) is 6.61 Å². The predicted molar refractivity (Wildman–Crippen MR) is 45.5 cm³/mol. The number of allylic oxidation sites excluding steroid dienone is 1. The van der Waals surface area contributed by atoms with E-state index in [0.717, 1.165) is 12.8 Å². The summed E-state index contributed by atoms with van der Waals surface area (Å²) in [5.41, 5.74) is 0. The smallest absolute Gasteiger partial charge is 0.133 e. The molecule has 0 saturated carbocycles. The monoisotopic (exact) mass is 156 g/mol. The molecule has 0 N–H and O–H groups in total. The lowest BCUT2D eigenvalue weighted by Gasteiger charge is -2.09. The average molecular weight is 156 g/mol. The van der Waals surface area contributed by atoms with Gasteiger partial charge in [0, 0.05) is 19.6 Å². The molecule has 0 amide bonds. The van der Waals surface area contributed by atoms with Crippen molar-refractivity contribution in [2.24, 2.45) is 5.92 Å². The van der Waals surface area contributed by atoms with Crippen molar-refractivity contribution < 1.29 is 9.53 Å². The zero-order valence-electron chi connectivity index (χ0n) is 7.30. The lowest BCUT2D eigenvalue weighted by atomic mass is 9.98. The highest BCUT2D eigenvalue weighted by Gasteiger charge is 2.10. The second-order valence-electron chi connectivity index (χ2n) is 2.61. The van der Waals surface area contributed by atoms with Crippen LogP contribution in [0.4, 0.5) is 0 Å². The third-order valence-electron chi connectivity index (χ3n) is 1.70. The zero-order chi connectivity index (χ0) is 8.69. The van der Waals surface area contributed by atoms with E-state index in [1.165, 1.54) is 0 Å². The van der Waals surface area contributed by atoms with Crippen molar-refractivity contribution in [2.45, 2.75) is 19.8 Å². The molecule has 2 heteroatoms. The van der Waals surface area contributed by atoms with Gasteiger partial charge in [0.15, 0.2) is 0 Å². The molecule has 0 aliphatic carbocycles. The van der Waals surface area contributed by atoms with Crippen molar-refractivity contribution in [3.05, 3.63) is 12.7 Å². The Bertz CT molecular complexity index is 130. The molecule has 0 spiro atoms. The maximum Gasteiger partial charge on any atom is 0.133 e. The van der Waals surface area contributed by atoms with Gasteiger partial charge < -0.3 is 4.74 Å². The SMILES string of the molecule is C=CCC(CCOC)C(C)=O. The van der Waals surface area contributed by atoms with Gasteiger partial charge in [0.25, 0.3) is 0 Å². The molecule has 0 aromatic rings. The summed E-state index contributed by atoms with van der Waals surface area (Å²) < 4.78 is 4.88. The summed E-state index contributed by atoms with van der Waals surface area (Å²) in [5, 5.41) is 0. The van der Waals surface area contributed by atoms with Gasteiger partial charge in [-0.1, -0.05) is 6.08 Å². The lowest BCUT2D eigenvalue weighted by Crippen LogP contribution is -2.12. The molecular weight excluding hydrogens is 140 g/mol. The zero-order valence-corrected chi connectivity index (χ0v) is 7.30. The fourth-order valence-electron chi connectivity index (χ4n) is 0.948. The molecule has 0 aliphatic rings. The molecule has 0 heterocycles. The Hall–Kier alpha value is -0.630. The number of Topliss-reactive ketones (excluding diaryl/α,β-unsaturated/α-hetero) is 1. The van der Waals surface area contributed by atoms with Gasteiger partial charge >= 0.3 is 0 Å². The number of carbonyl (C=O) groups excluding carboxylic acids is 1. The van der Waals surface area contributed by atoms with E-state index in [9.17, 15) is 4.79 Å². The predicted octanol–water partition coefficient (Wildman–Crippen LogP) is 1.80. The summed E-state index contributed by atoms with van der Waals surface area (Å²) in [7, 11) is 1.64. The van der Waals surface area contributed by atoms with E-state index in [2.05, 4.69) is 6.58 Å². The highest BCUT2D eigenvalue weighted by Crippen LogP contribution is 2.09. The van der Waals surface area contributed by atoms with E-state index in [1.54, 1.807) is 20.1 Å². The summed E-state index contributed by atoms with van der Waals surface area (Å²) in [4.78, 5) is 10.9. The molecule has 0 fully saturated rings. The standard InChI is InChI=1S/C9H16O2/c1-4-5-9(8(2)10)6-7-11-3/h4,9H,1,5-7H2,2-3H3. The van der Waals surface area contributed by atoms with Gasteiger partial charge in [-0.2, -0.15) is 0 Å². The highest BCUT2D eigenvalue weighted by molar-refractivity contribution is 5.78. The van der Waals surface area contributed by atoms with Gasteiger partial charge in [-0.25, -0.2) is 0 Å². The van der Waals surface area contributed by atoms with Crippen LogP contribution in [0.1, 0.15) is 19.8 Å². The number of ether oxygens (including phenoxy) is 1. The van der Waals surface area contributed by atoms with Crippen LogP contribution in [0.3, 0.4) is 0 Å². The van der Waals surface area contributed by atoms with Gasteiger partial charge in [-0.3, -0.25) is 4.79 Å². The summed E-state index contributed by atoms with van der Waals surface area (Å²) >= 11 is 0. The van der Waals surface area contributed by atoms with E-state index in [4.69, 9.17) is 4.74 Å². The number of methoxy groups -OCH3 is 1. The van der Waals surface area contributed by atoms with Crippen molar-refractivity contribution >= 4 is 5.78 Å². The molecule has 1 unspecified atom stereocenters. The van der Waals surface area contributed by atoms with Crippen molar-refractivity contribution in [1.82, 2.24) is 0 Å². The molecule has 0 rings (SSSR count). The first-order chi connectivity index (χ1) is 5.22. The molecule has 0 saturated heterocycles. The normalized spacial score (nSPS) is 12.5. The first kappa shape index (κ1) is 10.4. The van der Waals surface area contributed by atoms with E-state index < -0.39 is 0 Å². The molecule has 2 nitrogen and oxygen atoms in total. The van der Waals surface area contributed by atoms with Crippen molar-refractivity contribution in [3.8, 4) is 0 Å². The second kappa shape index (κ2) is 6.10. The molecule has 0 aliphatic heterocycles. The van der Waals surface area contributed by atoms with Crippen LogP contribution in [0.25, 0.3) is 0 Å². The quantitative estimate of drug-likeness (QED) is 0.548. The van der Waals surface area contributed by atoms with E-state index >= 15 is 0 Å². The number of carbonyl (C=O) groups is 1. The Morgan fingerprint density at radius 2 is 2.36 bits per heavy atom. The van der Waals surface area contributed by atoms with Gasteiger partial charge in [0.2, 0.25) is 0 Å². The minimum Gasteiger partial charge on any atom is -0.385 e. The fourth-order valence-corrected chi connectivity index (χ4v) is 0.948. The van der Waals surface area contributed by atoms with Crippen LogP contribution in [-0.4, -0.2) is 19.5 Å². The third kappa shape index (κ3) is 4.73. The summed E-state index contributed by atoms with van der Waals surface area (Å²) in [6.07, 6.45) is 3.35. The molecule has 64 valence electrons. The fraction of sp³-hybridized carbons (Fsp3) is 0.667. The van der Waals surface area contributed by atoms with Crippen LogP contribution in [0, 0.1) is 5.92 Å². The van der Waals surface area contributed by atoms with Crippen molar-refractivity contribution in [3.63, 3.8) is 0 Å². The molecule has 0 radical (unpaired) electrons. The summed E-state index contributed by atoms with van der Waals surface area (Å²) in [6.45, 7) is 5.86. The maximum atomic E-state index is 10.9. The van der Waals surface area contributed by atoms with E-state index in [1.807, 2.05) is 0 Å². The van der Waals surface area contributed by atoms with Crippen LogP contribution in [0.2, 0.25) is 0 Å². The number of ketones is 1. The van der Waals surface area contributed by atoms with Crippen molar-refractivity contribution in [1.29, 1.82) is 0 Å². The minimum absolute atomic E-state index is 0.104. The largest absolute Gasteiger partial charge is 0.385 e. The van der Waals surface area contributed by atoms with Crippen molar-refractivity contribution in [2.75, 3.05) is 13.7 Å². The van der Waals surface area contributed by atoms with Gasteiger partial charge in [0.05, 0.1) is 0 Å². The van der Waals surface area contributed by atoms with Crippen LogP contribution in [0.15, 0.2) is 12.7 Å². The second-order valence-corrected chi connectivity index (χ2v) is 2.61. The molecule has 1 atom stereocenters. The molecule has 0 aromatic carbocycles. The van der Waals surface area contributed by atoms with Gasteiger partial charge in [-0.05, 0) is 19.8 Å². The topological polar surface area (TPSA) is 26.3 Å². The summed E-state index contributed by atoms with van der Waals surface area (Å²) in [5.74, 6) is 0.328. The van der Waals surface area contributed by atoms with Crippen LogP contribution in [0.5, 0.6) is 0 Å². The Morgan fingerprint density at radius 1 is 1.73 bits per heavy atom. The molecule has 0 aromatic heterocycles. The maximum absolute atomic E-state index is 10.9. The highest BCUT2D eigenvalue weighted by atomic mass is 16.5. The Kier molecular flexibility index (Phi) is 5.75. The average Bonchev–Trinajstić information content (AvgIpc) is 1.97. The summed E-state index contributed by atoms with van der Waals surface area (Å²) in [6, 6.07) is 0. The third-order valence-corrected chi connectivity index (χ3v) is 1.70. The van der Waals surface area contributed by atoms with Gasteiger partial charge in [0.1, 0.15) is 5.78 Å². The molecule has 11 heavy (non-hydrogen) atoms. The lowest BCUT2D eigenvalue weighted by molar-refractivity contribution is -0.121.